The third kappa shape index (κ3) is 3.21. The number of hydroxylamine groups is 1. The van der Waals surface area contributed by atoms with E-state index in [4.69, 9.17) is 5.21 Å². The lowest BCUT2D eigenvalue weighted by molar-refractivity contribution is -0.133. The van der Waals surface area contributed by atoms with Crippen LogP contribution in [0.2, 0.25) is 0 Å². The van der Waals surface area contributed by atoms with E-state index in [2.05, 4.69) is 6.58 Å². The van der Waals surface area contributed by atoms with Crippen molar-refractivity contribution in [2.24, 2.45) is 0 Å². The molecule has 25 heavy (non-hydrogen) atoms. The fraction of sp³-hybridized carbons (Fsp3) is 0.167. The van der Waals surface area contributed by atoms with E-state index in [-0.39, 0.29) is 17.9 Å². The first kappa shape index (κ1) is 17.3. The van der Waals surface area contributed by atoms with E-state index in [1.807, 2.05) is 24.3 Å². The first-order valence-electron chi connectivity index (χ1n) is 7.73. The number of allylic oxidation sites excluding steroid dienone is 1. The van der Waals surface area contributed by atoms with E-state index in [9.17, 15) is 13.2 Å². The molecule has 1 amide bonds. The second-order valence-corrected chi connectivity index (χ2v) is 7.65. The highest BCUT2D eigenvalue weighted by Crippen LogP contribution is 2.28. The molecule has 2 aromatic carbocycles. The number of fused-ring (bicyclic) bond motifs is 1. The molecule has 2 N–H and O–H groups in total. The molecule has 1 heterocycles. The number of hydrogen-bond donors (Lipinski definition) is 2. The zero-order valence-corrected chi connectivity index (χ0v) is 14.2. The highest BCUT2D eigenvalue weighted by molar-refractivity contribution is 7.89. The van der Waals surface area contributed by atoms with E-state index in [1.165, 1.54) is 6.07 Å². The van der Waals surface area contributed by atoms with Crippen molar-refractivity contribution in [2.75, 3.05) is 6.54 Å². The van der Waals surface area contributed by atoms with Crippen molar-refractivity contribution in [3.63, 3.8) is 0 Å². The summed E-state index contributed by atoms with van der Waals surface area (Å²) in [5, 5.41) is 10.7. The summed E-state index contributed by atoms with van der Waals surface area (Å²) in [7, 11) is -3.91. The molecule has 1 aliphatic heterocycles. The summed E-state index contributed by atoms with van der Waals surface area (Å²) >= 11 is 0. The summed E-state index contributed by atoms with van der Waals surface area (Å²) in [6.45, 7) is 3.69. The molecule has 0 saturated carbocycles. The van der Waals surface area contributed by atoms with Crippen molar-refractivity contribution in [2.45, 2.75) is 17.4 Å². The van der Waals surface area contributed by atoms with Gasteiger partial charge in [-0.15, -0.1) is 0 Å². The Kier molecular flexibility index (Phi) is 4.71. The number of carbonyl (C=O) groups excluding carboxylic acids is 1. The maximum Gasteiger partial charge on any atom is 0.262 e. The molecule has 2 aromatic rings. The third-order valence-corrected chi connectivity index (χ3v) is 6.18. The van der Waals surface area contributed by atoms with Crippen LogP contribution >= 0.6 is 0 Å². The number of benzene rings is 2. The molecule has 1 unspecified atom stereocenters. The van der Waals surface area contributed by atoms with Crippen molar-refractivity contribution in [1.29, 1.82) is 0 Å². The summed E-state index contributed by atoms with van der Waals surface area (Å²) < 4.78 is 27.2. The zero-order chi connectivity index (χ0) is 18.0. The van der Waals surface area contributed by atoms with Gasteiger partial charge in [0.25, 0.3) is 5.91 Å². The van der Waals surface area contributed by atoms with Crippen LogP contribution in [0.1, 0.15) is 6.42 Å². The van der Waals surface area contributed by atoms with Crippen LogP contribution in [-0.2, 0) is 14.8 Å². The van der Waals surface area contributed by atoms with Crippen LogP contribution in [0.4, 0.5) is 0 Å². The zero-order valence-electron chi connectivity index (χ0n) is 13.4. The van der Waals surface area contributed by atoms with E-state index in [0.29, 0.717) is 0 Å². The van der Waals surface area contributed by atoms with Gasteiger partial charge >= 0.3 is 0 Å². The molecule has 130 valence electrons. The fourth-order valence-electron chi connectivity index (χ4n) is 2.94. The summed E-state index contributed by atoms with van der Waals surface area (Å²) in [6, 6.07) is 11.3. The Morgan fingerprint density at radius 3 is 2.64 bits per heavy atom. The van der Waals surface area contributed by atoms with Crippen LogP contribution in [0.3, 0.4) is 0 Å². The molecule has 6 nitrogen and oxygen atoms in total. The van der Waals surface area contributed by atoms with Gasteiger partial charge in [0.2, 0.25) is 10.0 Å². The highest BCUT2D eigenvalue weighted by atomic mass is 32.2. The molecule has 1 atom stereocenters. The average molecular weight is 358 g/mol. The minimum Gasteiger partial charge on any atom is -0.289 e. The SMILES string of the molecule is C=CC1=CCN(S(=O)(=O)c2ccc3ccccc3c2)C(C(=O)NO)C1. The maximum atomic E-state index is 13.1. The average Bonchev–Trinajstić information content (AvgIpc) is 2.66. The molecule has 0 aromatic heterocycles. The lowest BCUT2D eigenvalue weighted by Gasteiger charge is -2.32. The molecule has 3 rings (SSSR count). The van der Waals surface area contributed by atoms with Crippen LogP contribution in [0.5, 0.6) is 0 Å². The Labute approximate surface area is 146 Å². The lowest BCUT2D eigenvalue weighted by atomic mass is 10.0. The van der Waals surface area contributed by atoms with Gasteiger partial charge in [0.05, 0.1) is 4.90 Å². The normalized spacial score (nSPS) is 18.6. The van der Waals surface area contributed by atoms with Crippen molar-refractivity contribution < 1.29 is 18.4 Å². The molecule has 1 aliphatic rings. The van der Waals surface area contributed by atoms with Gasteiger partial charge in [0.1, 0.15) is 6.04 Å². The number of rotatable bonds is 4. The highest BCUT2D eigenvalue weighted by Gasteiger charge is 2.37. The van der Waals surface area contributed by atoms with Gasteiger partial charge in [0, 0.05) is 6.54 Å². The number of carbonyl (C=O) groups is 1. The largest absolute Gasteiger partial charge is 0.289 e. The monoisotopic (exact) mass is 358 g/mol. The van der Waals surface area contributed by atoms with Crippen LogP contribution in [0.25, 0.3) is 10.8 Å². The lowest BCUT2D eigenvalue weighted by Crippen LogP contribution is -2.50. The van der Waals surface area contributed by atoms with Crippen LogP contribution < -0.4 is 5.48 Å². The summed E-state index contributed by atoms with van der Waals surface area (Å²) in [6.07, 6.45) is 3.45. The second kappa shape index (κ2) is 6.79. The first-order chi connectivity index (χ1) is 12.0. The quantitative estimate of drug-likeness (QED) is 0.648. The van der Waals surface area contributed by atoms with E-state index in [1.54, 1.807) is 29.8 Å². The smallest absolute Gasteiger partial charge is 0.262 e. The molecule has 0 saturated heterocycles. The van der Waals surface area contributed by atoms with Gasteiger partial charge in [-0.2, -0.15) is 4.31 Å². The van der Waals surface area contributed by atoms with Gasteiger partial charge in [-0.3, -0.25) is 10.0 Å². The number of nitrogens with zero attached hydrogens (tertiary/aromatic N) is 1. The third-order valence-electron chi connectivity index (χ3n) is 4.31. The van der Waals surface area contributed by atoms with Gasteiger partial charge < -0.3 is 0 Å². The molecule has 0 spiro atoms. The summed E-state index contributed by atoms with van der Waals surface area (Å²) in [4.78, 5) is 12.1. The van der Waals surface area contributed by atoms with Gasteiger partial charge in [-0.25, -0.2) is 13.9 Å². The molecule has 0 bridgehead atoms. The van der Waals surface area contributed by atoms with Gasteiger partial charge in [-0.05, 0) is 34.9 Å². The van der Waals surface area contributed by atoms with Gasteiger partial charge in [0.15, 0.2) is 0 Å². The Hall–Kier alpha value is -2.48. The number of sulfonamides is 1. The Balaban J connectivity index is 2.05. The predicted molar refractivity (Wildman–Crippen MR) is 94.5 cm³/mol. The Morgan fingerprint density at radius 2 is 1.96 bits per heavy atom. The molecule has 7 heteroatoms. The van der Waals surface area contributed by atoms with Crippen molar-refractivity contribution in [1.82, 2.24) is 9.79 Å². The fourth-order valence-corrected chi connectivity index (χ4v) is 4.50. The van der Waals surface area contributed by atoms with E-state index < -0.39 is 22.0 Å². The van der Waals surface area contributed by atoms with Crippen LogP contribution in [0, 0.1) is 0 Å². The first-order valence-corrected chi connectivity index (χ1v) is 9.17. The van der Waals surface area contributed by atoms with Crippen molar-refractivity contribution in [3.05, 3.63) is 66.8 Å². The summed E-state index contributed by atoms with van der Waals surface area (Å²) in [5.41, 5.74) is 2.32. The molecule has 0 fully saturated rings. The van der Waals surface area contributed by atoms with E-state index >= 15 is 0 Å². The Bertz CT molecular complexity index is 966. The maximum absolute atomic E-state index is 13.1. The number of amides is 1. The van der Waals surface area contributed by atoms with E-state index in [0.717, 1.165) is 20.7 Å². The van der Waals surface area contributed by atoms with Crippen molar-refractivity contribution in [3.8, 4) is 0 Å². The Morgan fingerprint density at radius 1 is 1.24 bits per heavy atom. The van der Waals surface area contributed by atoms with Crippen LogP contribution in [0.15, 0.2) is 71.7 Å². The van der Waals surface area contributed by atoms with Crippen molar-refractivity contribution >= 4 is 26.7 Å². The number of hydrogen-bond acceptors (Lipinski definition) is 4. The molecular weight excluding hydrogens is 340 g/mol. The van der Waals surface area contributed by atoms with Gasteiger partial charge in [-0.1, -0.05) is 49.1 Å². The molecule has 0 radical (unpaired) electrons. The van der Waals surface area contributed by atoms with Crippen LogP contribution in [-0.4, -0.2) is 36.4 Å². The standard InChI is InChI=1S/C18H18N2O4S/c1-2-13-9-10-20(17(11-13)18(21)19-22)25(23,24)16-8-7-14-5-3-4-6-15(14)12-16/h2-9,12,17,22H,1,10-11H2,(H,19,21). The minimum atomic E-state index is -3.91. The molecular formula is C18H18N2O4S. The number of nitrogens with one attached hydrogen (secondary N) is 1. The molecule has 0 aliphatic carbocycles. The topological polar surface area (TPSA) is 86.7 Å². The predicted octanol–water partition coefficient (Wildman–Crippen LogP) is 2.22. The minimum absolute atomic E-state index is 0.0363. The summed E-state index contributed by atoms with van der Waals surface area (Å²) in [5.74, 6) is -0.767. The second-order valence-electron chi connectivity index (χ2n) is 5.76.